The predicted octanol–water partition coefficient (Wildman–Crippen LogP) is 4.13. The number of hydrogen-bond donors (Lipinski definition) is 0. The lowest BCUT2D eigenvalue weighted by Crippen LogP contribution is -2.49. The Bertz CT molecular complexity index is 596. The van der Waals surface area contributed by atoms with Crippen molar-refractivity contribution in [1.29, 1.82) is 0 Å². The van der Waals surface area contributed by atoms with Crippen LogP contribution in [0.3, 0.4) is 0 Å². The van der Waals surface area contributed by atoms with Crippen molar-refractivity contribution in [2.45, 2.75) is 71.5 Å². The van der Waals surface area contributed by atoms with E-state index in [-0.39, 0.29) is 18.1 Å². The summed E-state index contributed by atoms with van der Waals surface area (Å²) in [6.07, 6.45) is 9.20. The molecule has 2 saturated heterocycles. The Morgan fingerprint density at radius 2 is 2.00 bits per heavy atom. The van der Waals surface area contributed by atoms with E-state index in [9.17, 15) is 4.79 Å². The number of ether oxygens (including phenoxy) is 1. The third kappa shape index (κ3) is 5.22. The molecule has 0 aromatic carbocycles. The van der Waals surface area contributed by atoms with Crippen molar-refractivity contribution in [2.75, 3.05) is 31.1 Å². The van der Waals surface area contributed by atoms with Crippen molar-refractivity contribution in [3.63, 3.8) is 0 Å². The largest absolute Gasteiger partial charge is 0.371 e. The number of rotatable bonds is 6. The summed E-state index contributed by atoms with van der Waals surface area (Å²) in [5.41, 5.74) is 0.705. The van der Waals surface area contributed by atoms with E-state index < -0.39 is 0 Å². The van der Waals surface area contributed by atoms with Crippen LogP contribution in [0.15, 0.2) is 18.3 Å². The molecular formula is C22H35N3O2. The van der Waals surface area contributed by atoms with Crippen molar-refractivity contribution in [2.24, 2.45) is 5.92 Å². The third-order valence-corrected chi connectivity index (χ3v) is 5.78. The quantitative estimate of drug-likeness (QED) is 0.752. The highest BCUT2D eigenvalue weighted by Gasteiger charge is 2.30. The average Bonchev–Trinajstić information content (AvgIpc) is 2.72. The Hall–Kier alpha value is -1.62. The zero-order valence-electron chi connectivity index (χ0n) is 17.2. The van der Waals surface area contributed by atoms with E-state index >= 15 is 0 Å². The molecule has 0 spiro atoms. The molecular weight excluding hydrogens is 338 g/mol. The number of unbranched alkanes of at least 4 members (excludes halogenated alkanes) is 1. The van der Waals surface area contributed by atoms with Gasteiger partial charge >= 0.3 is 0 Å². The van der Waals surface area contributed by atoms with Crippen LogP contribution in [0, 0.1) is 5.92 Å². The maximum atomic E-state index is 12.7. The van der Waals surface area contributed by atoms with Crippen molar-refractivity contribution in [3.05, 3.63) is 23.9 Å². The van der Waals surface area contributed by atoms with Gasteiger partial charge in [-0.3, -0.25) is 4.79 Å². The van der Waals surface area contributed by atoms with E-state index in [4.69, 9.17) is 4.74 Å². The molecule has 1 amide bonds. The Labute approximate surface area is 164 Å². The Balaban J connectivity index is 1.67. The van der Waals surface area contributed by atoms with Crippen molar-refractivity contribution < 1.29 is 9.53 Å². The molecule has 0 radical (unpaired) electrons. The van der Waals surface area contributed by atoms with E-state index in [1.165, 1.54) is 19.3 Å². The Kier molecular flexibility index (Phi) is 7.11. The first-order chi connectivity index (χ1) is 13.1. The molecule has 150 valence electrons. The van der Waals surface area contributed by atoms with E-state index in [0.717, 1.165) is 51.3 Å². The standard InChI is InChI=1S/C22H35N3O2/c1-4-5-9-19-15-25(16-20(27-19)17(2)3)21-11-10-18(14-23-21)22(26)24-12-7-6-8-13-24/h10-11,14,17,19-20H,4-9,12-13,15-16H2,1-3H3/t19-,20-/m1/s1. The predicted molar refractivity (Wildman–Crippen MR) is 109 cm³/mol. The Morgan fingerprint density at radius 3 is 2.63 bits per heavy atom. The number of likely N-dealkylation sites (tertiary alicyclic amines) is 1. The van der Waals surface area contributed by atoms with Gasteiger partial charge in [0.15, 0.2) is 0 Å². The van der Waals surface area contributed by atoms with Crippen molar-refractivity contribution in [3.8, 4) is 0 Å². The molecule has 2 atom stereocenters. The van der Waals surface area contributed by atoms with Crippen LogP contribution in [0.1, 0.15) is 69.7 Å². The summed E-state index contributed by atoms with van der Waals surface area (Å²) < 4.78 is 6.31. The smallest absolute Gasteiger partial charge is 0.255 e. The number of pyridine rings is 1. The van der Waals surface area contributed by atoms with Crippen LogP contribution >= 0.6 is 0 Å². The molecule has 5 heteroatoms. The SMILES string of the molecule is CCCC[C@@H]1CN(c2ccc(C(=O)N3CCCCC3)cn2)C[C@H](C(C)C)O1. The van der Waals surface area contributed by atoms with Crippen molar-refractivity contribution >= 4 is 11.7 Å². The zero-order valence-corrected chi connectivity index (χ0v) is 17.2. The highest BCUT2D eigenvalue weighted by molar-refractivity contribution is 5.94. The molecule has 0 bridgehead atoms. The molecule has 2 fully saturated rings. The molecule has 27 heavy (non-hydrogen) atoms. The van der Waals surface area contributed by atoms with E-state index in [2.05, 4.69) is 30.7 Å². The van der Waals surface area contributed by atoms with Gasteiger partial charge in [-0.1, -0.05) is 33.6 Å². The van der Waals surface area contributed by atoms with Gasteiger partial charge < -0.3 is 14.5 Å². The van der Waals surface area contributed by atoms with Gasteiger partial charge in [-0.2, -0.15) is 0 Å². The minimum Gasteiger partial charge on any atom is -0.371 e. The van der Waals surface area contributed by atoms with Crippen LogP contribution in [-0.4, -0.2) is 54.2 Å². The first-order valence-corrected chi connectivity index (χ1v) is 10.7. The summed E-state index contributed by atoms with van der Waals surface area (Å²) in [4.78, 5) is 21.6. The lowest BCUT2D eigenvalue weighted by Gasteiger charge is -2.40. The minimum absolute atomic E-state index is 0.122. The van der Waals surface area contributed by atoms with Crippen LogP contribution in [0.5, 0.6) is 0 Å². The summed E-state index contributed by atoms with van der Waals surface area (Å²) in [7, 11) is 0. The average molecular weight is 374 g/mol. The summed E-state index contributed by atoms with van der Waals surface area (Å²) in [5.74, 6) is 1.56. The second kappa shape index (κ2) is 9.54. The molecule has 2 aliphatic rings. The van der Waals surface area contributed by atoms with Gasteiger partial charge in [0.2, 0.25) is 0 Å². The second-order valence-corrected chi connectivity index (χ2v) is 8.35. The number of morpholine rings is 1. The molecule has 3 heterocycles. The maximum Gasteiger partial charge on any atom is 0.255 e. The fraction of sp³-hybridized carbons (Fsp3) is 0.727. The van der Waals surface area contributed by atoms with Gasteiger partial charge in [-0.05, 0) is 43.7 Å². The summed E-state index contributed by atoms with van der Waals surface area (Å²) in [6.45, 7) is 10.2. The van der Waals surface area contributed by atoms with Gasteiger partial charge in [0.05, 0.1) is 17.8 Å². The summed E-state index contributed by atoms with van der Waals surface area (Å²) in [6, 6.07) is 3.96. The van der Waals surface area contributed by atoms with Gasteiger partial charge in [-0.15, -0.1) is 0 Å². The monoisotopic (exact) mass is 373 g/mol. The highest BCUT2D eigenvalue weighted by Crippen LogP contribution is 2.25. The topological polar surface area (TPSA) is 45.7 Å². The van der Waals surface area contributed by atoms with Crippen molar-refractivity contribution in [1.82, 2.24) is 9.88 Å². The highest BCUT2D eigenvalue weighted by atomic mass is 16.5. The van der Waals surface area contributed by atoms with Crippen LogP contribution in [-0.2, 0) is 4.74 Å². The number of anilines is 1. The normalized spacial score (nSPS) is 23.7. The lowest BCUT2D eigenvalue weighted by molar-refractivity contribution is -0.0521. The zero-order chi connectivity index (χ0) is 19.2. The molecule has 0 N–H and O–H groups in total. The van der Waals surface area contributed by atoms with Crippen LogP contribution in [0.2, 0.25) is 0 Å². The van der Waals surface area contributed by atoms with Gasteiger partial charge in [0.25, 0.3) is 5.91 Å². The summed E-state index contributed by atoms with van der Waals surface area (Å²) >= 11 is 0. The fourth-order valence-corrected chi connectivity index (χ4v) is 4.00. The van der Waals surface area contributed by atoms with Gasteiger partial charge in [0, 0.05) is 32.4 Å². The number of aromatic nitrogens is 1. The van der Waals surface area contributed by atoms with Gasteiger partial charge in [0.1, 0.15) is 5.82 Å². The second-order valence-electron chi connectivity index (χ2n) is 8.35. The number of amides is 1. The van der Waals surface area contributed by atoms with E-state index in [1.807, 2.05) is 17.0 Å². The molecule has 0 unspecified atom stereocenters. The first kappa shape index (κ1) is 20.1. The molecule has 0 aliphatic carbocycles. The molecule has 1 aromatic heterocycles. The number of piperidine rings is 1. The van der Waals surface area contributed by atoms with Gasteiger partial charge in [-0.25, -0.2) is 4.98 Å². The fourth-order valence-electron chi connectivity index (χ4n) is 4.00. The lowest BCUT2D eigenvalue weighted by atomic mass is 10.0. The molecule has 3 rings (SSSR count). The first-order valence-electron chi connectivity index (χ1n) is 10.7. The number of carbonyl (C=O) groups excluding carboxylic acids is 1. The van der Waals surface area contributed by atoms with E-state index in [0.29, 0.717) is 11.5 Å². The minimum atomic E-state index is 0.122. The maximum absolute atomic E-state index is 12.7. The third-order valence-electron chi connectivity index (χ3n) is 5.78. The van der Waals surface area contributed by atoms with Crippen LogP contribution in [0.25, 0.3) is 0 Å². The number of nitrogens with zero attached hydrogens (tertiary/aromatic N) is 3. The molecule has 2 aliphatic heterocycles. The van der Waals surface area contributed by atoms with Crippen LogP contribution < -0.4 is 4.90 Å². The molecule has 0 saturated carbocycles. The number of carbonyl (C=O) groups is 1. The Morgan fingerprint density at radius 1 is 1.22 bits per heavy atom. The number of hydrogen-bond acceptors (Lipinski definition) is 4. The molecule has 5 nitrogen and oxygen atoms in total. The van der Waals surface area contributed by atoms with Crippen LogP contribution in [0.4, 0.5) is 5.82 Å². The summed E-state index contributed by atoms with van der Waals surface area (Å²) in [5, 5.41) is 0. The molecule has 1 aromatic rings. The van der Waals surface area contributed by atoms with E-state index in [1.54, 1.807) is 6.20 Å².